The second-order valence-electron chi connectivity index (χ2n) is 3.42. The molecular formula is C11H13FN2O2. The Morgan fingerprint density at radius 3 is 2.69 bits per heavy atom. The maximum Gasteiger partial charge on any atom is 0.130 e. The molecule has 1 aromatic rings. The number of hydrogen-bond donors (Lipinski definition) is 3. The Balaban J connectivity index is 2.92. The standard InChI is InChI=1S/C11H13FN2O2/c1-14-6-10(15)11(16)8-3-2-7(5-13)4-9(8)12/h2-4,10-11,14-16H,6H2,1H3. The maximum atomic E-state index is 13.4. The molecule has 0 fully saturated rings. The number of halogens is 1. The third-order valence-electron chi connectivity index (χ3n) is 2.23. The molecule has 4 nitrogen and oxygen atoms in total. The minimum Gasteiger partial charge on any atom is -0.389 e. The van der Waals surface area contributed by atoms with E-state index < -0.39 is 18.0 Å². The van der Waals surface area contributed by atoms with Crippen molar-refractivity contribution < 1.29 is 14.6 Å². The third-order valence-corrected chi connectivity index (χ3v) is 2.23. The molecule has 2 atom stereocenters. The van der Waals surface area contributed by atoms with Gasteiger partial charge in [0, 0.05) is 12.1 Å². The van der Waals surface area contributed by atoms with E-state index >= 15 is 0 Å². The Labute approximate surface area is 93.0 Å². The highest BCUT2D eigenvalue weighted by molar-refractivity contribution is 5.34. The number of aliphatic hydroxyl groups excluding tert-OH is 2. The van der Waals surface area contributed by atoms with Crippen molar-refractivity contribution in [1.29, 1.82) is 5.26 Å². The summed E-state index contributed by atoms with van der Waals surface area (Å²) in [4.78, 5) is 0. The zero-order valence-corrected chi connectivity index (χ0v) is 8.81. The number of hydrogen-bond acceptors (Lipinski definition) is 4. The number of nitriles is 1. The van der Waals surface area contributed by atoms with Crippen molar-refractivity contribution in [2.24, 2.45) is 0 Å². The van der Waals surface area contributed by atoms with Gasteiger partial charge in [0.15, 0.2) is 0 Å². The molecular weight excluding hydrogens is 211 g/mol. The molecule has 2 unspecified atom stereocenters. The first-order valence-electron chi connectivity index (χ1n) is 4.80. The highest BCUT2D eigenvalue weighted by atomic mass is 19.1. The van der Waals surface area contributed by atoms with E-state index in [4.69, 9.17) is 5.26 Å². The molecule has 0 saturated carbocycles. The molecule has 16 heavy (non-hydrogen) atoms. The molecule has 0 aliphatic carbocycles. The largest absolute Gasteiger partial charge is 0.389 e. The molecule has 0 amide bonds. The Morgan fingerprint density at radius 2 is 2.19 bits per heavy atom. The van der Waals surface area contributed by atoms with Crippen LogP contribution in [0.25, 0.3) is 0 Å². The van der Waals surface area contributed by atoms with E-state index in [1.54, 1.807) is 13.1 Å². The van der Waals surface area contributed by atoms with Crippen LogP contribution in [0, 0.1) is 17.1 Å². The van der Waals surface area contributed by atoms with Crippen molar-refractivity contribution in [3.63, 3.8) is 0 Å². The highest BCUT2D eigenvalue weighted by Gasteiger charge is 2.20. The molecule has 5 heteroatoms. The average Bonchev–Trinajstić information content (AvgIpc) is 2.28. The lowest BCUT2D eigenvalue weighted by Crippen LogP contribution is -2.30. The summed E-state index contributed by atoms with van der Waals surface area (Å²) in [5.41, 5.74) is 0.165. The number of benzene rings is 1. The fraction of sp³-hybridized carbons (Fsp3) is 0.364. The molecule has 0 heterocycles. The summed E-state index contributed by atoms with van der Waals surface area (Å²) < 4.78 is 13.4. The van der Waals surface area contributed by atoms with Gasteiger partial charge in [0.05, 0.1) is 17.7 Å². The zero-order valence-electron chi connectivity index (χ0n) is 8.81. The third kappa shape index (κ3) is 2.76. The van der Waals surface area contributed by atoms with Crippen LogP contribution in [0.3, 0.4) is 0 Å². The number of nitrogens with one attached hydrogen (secondary N) is 1. The average molecular weight is 224 g/mol. The van der Waals surface area contributed by atoms with E-state index in [1.807, 2.05) is 0 Å². The number of nitrogens with zero attached hydrogens (tertiary/aromatic N) is 1. The lowest BCUT2D eigenvalue weighted by atomic mass is 10.0. The van der Waals surface area contributed by atoms with E-state index in [0.717, 1.165) is 6.07 Å². The highest BCUT2D eigenvalue weighted by Crippen LogP contribution is 2.20. The molecule has 0 aliphatic heterocycles. The summed E-state index contributed by atoms with van der Waals surface area (Å²) in [6.45, 7) is 0.153. The first kappa shape index (κ1) is 12.6. The van der Waals surface area contributed by atoms with Gasteiger partial charge in [0.25, 0.3) is 0 Å². The van der Waals surface area contributed by atoms with E-state index in [1.165, 1.54) is 12.1 Å². The number of aliphatic hydroxyl groups is 2. The van der Waals surface area contributed by atoms with Crippen molar-refractivity contribution in [1.82, 2.24) is 5.32 Å². The second-order valence-corrected chi connectivity index (χ2v) is 3.42. The fourth-order valence-corrected chi connectivity index (χ4v) is 1.36. The van der Waals surface area contributed by atoms with Gasteiger partial charge in [-0.1, -0.05) is 6.07 Å². The van der Waals surface area contributed by atoms with Crippen molar-refractivity contribution in [3.8, 4) is 6.07 Å². The van der Waals surface area contributed by atoms with Crippen LogP contribution < -0.4 is 5.32 Å². The van der Waals surface area contributed by atoms with Gasteiger partial charge in [-0.15, -0.1) is 0 Å². The molecule has 1 rings (SSSR count). The van der Waals surface area contributed by atoms with Crippen LogP contribution in [0.4, 0.5) is 4.39 Å². The summed E-state index contributed by atoms with van der Waals surface area (Å²) in [7, 11) is 1.62. The van der Waals surface area contributed by atoms with Crippen LogP contribution in [0.5, 0.6) is 0 Å². The molecule has 0 spiro atoms. The topological polar surface area (TPSA) is 76.3 Å². The predicted molar refractivity (Wildman–Crippen MR) is 56.0 cm³/mol. The smallest absolute Gasteiger partial charge is 0.130 e. The molecule has 1 aromatic carbocycles. The van der Waals surface area contributed by atoms with Crippen LogP contribution >= 0.6 is 0 Å². The number of likely N-dealkylation sites (N-methyl/N-ethyl adjacent to an activating group) is 1. The van der Waals surface area contributed by atoms with Crippen molar-refractivity contribution in [2.45, 2.75) is 12.2 Å². The van der Waals surface area contributed by atoms with Gasteiger partial charge in [-0.25, -0.2) is 4.39 Å². The first-order valence-corrected chi connectivity index (χ1v) is 4.80. The fourth-order valence-electron chi connectivity index (χ4n) is 1.36. The number of rotatable bonds is 4. The SMILES string of the molecule is CNCC(O)C(O)c1ccc(C#N)cc1F. The monoisotopic (exact) mass is 224 g/mol. The van der Waals surface area contributed by atoms with Gasteiger partial charge in [-0.3, -0.25) is 0 Å². The van der Waals surface area contributed by atoms with Crippen LogP contribution in [-0.4, -0.2) is 29.9 Å². The Bertz CT molecular complexity index is 403. The quantitative estimate of drug-likeness (QED) is 0.688. The van der Waals surface area contributed by atoms with Gasteiger partial charge in [-0.2, -0.15) is 5.26 Å². The summed E-state index contributed by atoms with van der Waals surface area (Å²) in [5.74, 6) is -0.693. The van der Waals surface area contributed by atoms with Crippen LogP contribution in [0.2, 0.25) is 0 Å². The molecule has 0 saturated heterocycles. The van der Waals surface area contributed by atoms with Crippen LogP contribution in [-0.2, 0) is 0 Å². The van der Waals surface area contributed by atoms with Gasteiger partial charge in [0.1, 0.15) is 11.9 Å². The minimum atomic E-state index is -1.31. The predicted octanol–water partition coefficient (Wildman–Crippen LogP) is 0.311. The van der Waals surface area contributed by atoms with Crippen molar-refractivity contribution in [2.75, 3.05) is 13.6 Å². The van der Waals surface area contributed by atoms with Crippen molar-refractivity contribution in [3.05, 3.63) is 35.1 Å². The first-order chi connectivity index (χ1) is 7.60. The van der Waals surface area contributed by atoms with Crippen molar-refractivity contribution >= 4 is 0 Å². The second kappa shape index (κ2) is 5.56. The summed E-state index contributed by atoms with van der Waals surface area (Å²) >= 11 is 0. The van der Waals surface area contributed by atoms with Crippen LogP contribution in [0.15, 0.2) is 18.2 Å². The van der Waals surface area contributed by atoms with E-state index in [2.05, 4.69) is 5.32 Å². The van der Waals surface area contributed by atoms with E-state index in [9.17, 15) is 14.6 Å². The minimum absolute atomic E-state index is 0.0123. The van der Waals surface area contributed by atoms with Gasteiger partial charge in [0.2, 0.25) is 0 Å². The summed E-state index contributed by atoms with van der Waals surface area (Å²) in [5, 5.41) is 30.4. The molecule has 0 aromatic heterocycles. The van der Waals surface area contributed by atoms with Gasteiger partial charge >= 0.3 is 0 Å². The van der Waals surface area contributed by atoms with Gasteiger partial charge < -0.3 is 15.5 Å². The molecule has 3 N–H and O–H groups in total. The molecule has 86 valence electrons. The molecule has 0 bridgehead atoms. The summed E-state index contributed by atoms with van der Waals surface area (Å²) in [6.07, 6.45) is -2.40. The van der Waals surface area contributed by atoms with E-state index in [-0.39, 0.29) is 17.7 Å². The molecule has 0 radical (unpaired) electrons. The Kier molecular flexibility index (Phi) is 4.38. The lowest BCUT2D eigenvalue weighted by Gasteiger charge is -2.18. The normalized spacial score (nSPS) is 14.2. The lowest BCUT2D eigenvalue weighted by molar-refractivity contribution is 0.0181. The summed E-state index contributed by atoms with van der Waals surface area (Å²) in [6, 6.07) is 5.52. The maximum absolute atomic E-state index is 13.4. The Hall–Kier alpha value is -1.48. The Morgan fingerprint density at radius 1 is 1.50 bits per heavy atom. The van der Waals surface area contributed by atoms with E-state index in [0.29, 0.717) is 0 Å². The van der Waals surface area contributed by atoms with Gasteiger partial charge in [-0.05, 0) is 19.2 Å². The van der Waals surface area contributed by atoms with Crippen LogP contribution in [0.1, 0.15) is 17.2 Å². The zero-order chi connectivity index (χ0) is 12.1. The molecule has 0 aliphatic rings.